The molecule has 0 unspecified atom stereocenters. The number of aryl methyl sites for hydroxylation is 2. The minimum atomic E-state index is -0.899. The molecule has 0 bridgehead atoms. The summed E-state index contributed by atoms with van der Waals surface area (Å²) in [6, 6.07) is 14.7. The molecule has 0 aliphatic carbocycles. The van der Waals surface area contributed by atoms with Gasteiger partial charge in [-0.05, 0) is 48.7 Å². The Morgan fingerprint density at radius 1 is 1.16 bits per heavy atom. The summed E-state index contributed by atoms with van der Waals surface area (Å²) in [4.78, 5) is 28.7. The first-order chi connectivity index (χ1) is 15.3. The van der Waals surface area contributed by atoms with E-state index in [2.05, 4.69) is 10.4 Å². The molecular formula is C25H24N4O3. The molecular weight excluding hydrogens is 404 g/mol. The minimum absolute atomic E-state index is 0.0702. The van der Waals surface area contributed by atoms with Gasteiger partial charge in [-0.25, -0.2) is 4.98 Å². The van der Waals surface area contributed by atoms with Crippen molar-refractivity contribution >= 4 is 22.8 Å². The van der Waals surface area contributed by atoms with Crippen molar-refractivity contribution in [1.82, 2.24) is 20.1 Å². The van der Waals surface area contributed by atoms with Crippen molar-refractivity contribution in [3.8, 4) is 11.3 Å². The number of aromatic nitrogens is 3. The molecule has 0 radical (unpaired) electrons. The van der Waals surface area contributed by atoms with E-state index in [4.69, 9.17) is 10.1 Å². The first-order valence-corrected chi connectivity index (χ1v) is 10.3. The second-order valence-corrected chi connectivity index (χ2v) is 7.93. The van der Waals surface area contributed by atoms with Crippen LogP contribution in [0.5, 0.6) is 0 Å². The van der Waals surface area contributed by atoms with Crippen molar-refractivity contribution in [2.24, 2.45) is 7.05 Å². The van der Waals surface area contributed by atoms with Crippen LogP contribution in [-0.4, -0.2) is 31.7 Å². The molecule has 4 rings (SSSR count). The van der Waals surface area contributed by atoms with Gasteiger partial charge >= 0.3 is 5.97 Å². The summed E-state index contributed by atoms with van der Waals surface area (Å²) in [5.74, 6) is -1.11. The molecule has 7 nitrogen and oxygen atoms in total. The summed E-state index contributed by atoms with van der Waals surface area (Å²) in [5, 5.41) is 17.3. The van der Waals surface area contributed by atoms with E-state index in [1.54, 1.807) is 29.1 Å². The number of amides is 1. The normalized spacial score (nSPS) is 12.0. The van der Waals surface area contributed by atoms with Gasteiger partial charge in [-0.1, -0.05) is 30.3 Å². The van der Waals surface area contributed by atoms with Crippen LogP contribution in [0.15, 0.2) is 60.9 Å². The fourth-order valence-electron chi connectivity index (χ4n) is 3.88. The topological polar surface area (TPSA) is 97.1 Å². The van der Waals surface area contributed by atoms with Crippen LogP contribution in [0.4, 0.5) is 0 Å². The number of benzene rings is 2. The highest BCUT2D eigenvalue weighted by Crippen LogP contribution is 2.29. The Hall–Kier alpha value is -4.00. The number of hydrogen-bond acceptors (Lipinski definition) is 4. The second kappa shape index (κ2) is 8.63. The van der Waals surface area contributed by atoms with Crippen molar-refractivity contribution < 1.29 is 14.7 Å². The zero-order valence-corrected chi connectivity index (χ0v) is 18.2. The number of aliphatic carboxylic acids is 1. The molecule has 1 atom stereocenters. The van der Waals surface area contributed by atoms with Crippen LogP contribution in [0.2, 0.25) is 0 Å². The minimum Gasteiger partial charge on any atom is -0.481 e. The highest BCUT2D eigenvalue weighted by molar-refractivity contribution is 5.96. The molecule has 0 spiro atoms. The zero-order valence-electron chi connectivity index (χ0n) is 18.2. The average Bonchev–Trinajstić information content (AvgIpc) is 3.18. The standard InChI is InChI=1S/C25H24N4O3/c1-15-10-17(11-24(30)31)8-9-19(15)25(32)27-16(2)21-12-23(18-13-26-29(3)14-18)28-22-7-5-4-6-20(21)22/h4-10,12-14,16H,11H2,1-3H3,(H,27,32)(H,30,31)/t16-/m1/s1. The molecule has 2 aromatic carbocycles. The summed E-state index contributed by atoms with van der Waals surface area (Å²) in [7, 11) is 1.86. The molecule has 0 saturated carbocycles. The molecule has 0 aliphatic rings. The van der Waals surface area contributed by atoms with E-state index in [1.165, 1.54) is 0 Å². The first-order valence-electron chi connectivity index (χ1n) is 10.3. The van der Waals surface area contributed by atoms with Crippen molar-refractivity contribution in [2.45, 2.75) is 26.3 Å². The van der Waals surface area contributed by atoms with Crippen LogP contribution in [0, 0.1) is 6.92 Å². The van der Waals surface area contributed by atoms with Gasteiger partial charge in [0.05, 0.1) is 29.9 Å². The van der Waals surface area contributed by atoms with Gasteiger partial charge in [-0.3, -0.25) is 14.3 Å². The Morgan fingerprint density at radius 3 is 2.62 bits per heavy atom. The van der Waals surface area contributed by atoms with E-state index in [9.17, 15) is 9.59 Å². The quantitative estimate of drug-likeness (QED) is 0.483. The van der Waals surface area contributed by atoms with Crippen LogP contribution in [0.3, 0.4) is 0 Å². The van der Waals surface area contributed by atoms with E-state index in [0.29, 0.717) is 11.1 Å². The van der Waals surface area contributed by atoms with Gasteiger partial charge in [0.25, 0.3) is 5.91 Å². The van der Waals surface area contributed by atoms with Crippen molar-refractivity contribution in [3.05, 3.63) is 83.2 Å². The average molecular weight is 428 g/mol. The maximum Gasteiger partial charge on any atom is 0.307 e. The lowest BCUT2D eigenvalue weighted by Crippen LogP contribution is -2.27. The van der Waals surface area contributed by atoms with Crippen molar-refractivity contribution in [3.63, 3.8) is 0 Å². The first kappa shape index (κ1) is 21.2. The number of nitrogens with one attached hydrogen (secondary N) is 1. The van der Waals surface area contributed by atoms with Crippen LogP contribution < -0.4 is 5.32 Å². The van der Waals surface area contributed by atoms with Gasteiger partial charge < -0.3 is 10.4 Å². The van der Waals surface area contributed by atoms with Gasteiger partial charge in [0.1, 0.15) is 0 Å². The predicted octanol–water partition coefficient (Wildman–Crippen LogP) is 4.06. The number of carbonyl (C=O) groups is 2. The third-order valence-electron chi connectivity index (χ3n) is 5.45. The molecule has 2 heterocycles. The fourth-order valence-corrected chi connectivity index (χ4v) is 3.88. The third-order valence-corrected chi connectivity index (χ3v) is 5.45. The number of carboxylic acids is 1. The largest absolute Gasteiger partial charge is 0.481 e. The van der Waals surface area contributed by atoms with Crippen molar-refractivity contribution in [1.29, 1.82) is 0 Å². The lowest BCUT2D eigenvalue weighted by molar-refractivity contribution is -0.136. The van der Waals surface area contributed by atoms with E-state index in [0.717, 1.165) is 33.3 Å². The lowest BCUT2D eigenvalue weighted by Gasteiger charge is -2.18. The van der Waals surface area contributed by atoms with Crippen LogP contribution in [0.1, 0.15) is 40.0 Å². The van der Waals surface area contributed by atoms with E-state index >= 15 is 0 Å². The van der Waals surface area contributed by atoms with Crippen molar-refractivity contribution in [2.75, 3.05) is 0 Å². The van der Waals surface area contributed by atoms with Gasteiger partial charge in [0, 0.05) is 29.8 Å². The Kier molecular flexibility index (Phi) is 5.73. The molecule has 0 aliphatic heterocycles. The van der Waals surface area contributed by atoms with E-state index in [-0.39, 0.29) is 18.4 Å². The van der Waals surface area contributed by atoms with Gasteiger partial charge in [0.15, 0.2) is 0 Å². The predicted molar refractivity (Wildman–Crippen MR) is 122 cm³/mol. The Labute approximate surface area is 185 Å². The smallest absolute Gasteiger partial charge is 0.307 e. The molecule has 0 saturated heterocycles. The number of carbonyl (C=O) groups excluding carboxylic acids is 1. The Morgan fingerprint density at radius 2 is 1.94 bits per heavy atom. The Bertz CT molecular complexity index is 1330. The monoisotopic (exact) mass is 428 g/mol. The lowest BCUT2D eigenvalue weighted by atomic mass is 9.99. The zero-order chi connectivity index (χ0) is 22.8. The van der Waals surface area contributed by atoms with Crippen LogP contribution >= 0.6 is 0 Å². The number of nitrogens with zero attached hydrogens (tertiary/aromatic N) is 3. The molecule has 0 fully saturated rings. The van der Waals surface area contributed by atoms with Gasteiger partial charge in [-0.15, -0.1) is 0 Å². The SMILES string of the molecule is Cc1cc(CC(=O)O)ccc1C(=O)N[C@H](C)c1cc(-c2cnn(C)c2)nc2ccccc12. The highest BCUT2D eigenvalue weighted by atomic mass is 16.4. The number of fused-ring (bicyclic) bond motifs is 1. The highest BCUT2D eigenvalue weighted by Gasteiger charge is 2.18. The third kappa shape index (κ3) is 4.37. The number of rotatable bonds is 6. The summed E-state index contributed by atoms with van der Waals surface area (Å²) in [6.45, 7) is 3.76. The molecule has 1 amide bonds. The summed E-state index contributed by atoms with van der Waals surface area (Å²) in [5.41, 5.74) is 5.44. The van der Waals surface area contributed by atoms with Crippen LogP contribution in [0.25, 0.3) is 22.2 Å². The maximum absolute atomic E-state index is 13.0. The number of hydrogen-bond donors (Lipinski definition) is 2. The maximum atomic E-state index is 13.0. The number of pyridine rings is 1. The van der Waals surface area contributed by atoms with E-state index in [1.807, 2.05) is 57.4 Å². The second-order valence-electron chi connectivity index (χ2n) is 7.93. The fraction of sp³-hybridized carbons (Fsp3) is 0.200. The van der Waals surface area contributed by atoms with Crippen LogP contribution in [-0.2, 0) is 18.3 Å². The molecule has 7 heteroatoms. The summed E-state index contributed by atoms with van der Waals surface area (Å²) >= 11 is 0. The molecule has 2 aromatic heterocycles. The summed E-state index contributed by atoms with van der Waals surface area (Å²) < 4.78 is 1.73. The van der Waals surface area contributed by atoms with E-state index < -0.39 is 5.97 Å². The molecule has 162 valence electrons. The summed E-state index contributed by atoms with van der Waals surface area (Å²) in [6.07, 6.45) is 3.61. The van der Waals surface area contributed by atoms with Gasteiger partial charge in [0.2, 0.25) is 0 Å². The Balaban J connectivity index is 1.65. The molecule has 32 heavy (non-hydrogen) atoms. The number of carboxylic acid groups (broad SMARTS) is 1. The number of para-hydroxylation sites is 1. The molecule has 4 aromatic rings. The molecule has 2 N–H and O–H groups in total. The van der Waals surface area contributed by atoms with Gasteiger partial charge in [-0.2, -0.15) is 5.10 Å².